The molecule has 1 saturated carbocycles. The maximum atomic E-state index is 6.47. The molecule has 6 nitrogen and oxygen atoms in total. The van der Waals surface area contributed by atoms with Crippen molar-refractivity contribution in [3.05, 3.63) is 18.2 Å². The Morgan fingerprint density at radius 3 is 2.80 bits per heavy atom. The fourth-order valence-corrected chi connectivity index (χ4v) is 2.88. The van der Waals surface area contributed by atoms with Crippen molar-refractivity contribution in [1.82, 2.24) is 19.9 Å². The Hall–Kier alpha value is -1.69. The summed E-state index contributed by atoms with van der Waals surface area (Å²) in [5.41, 5.74) is 6.72. The second-order valence-corrected chi connectivity index (χ2v) is 5.81. The van der Waals surface area contributed by atoms with Crippen molar-refractivity contribution in [3.8, 4) is 11.5 Å². The summed E-state index contributed by atoms with van der Waals surface area (Å²) in [6, 6.07) is 1.87. The molecule has 20 heavy (non-hydrogen) atoms. The van der Waals surface area contributed by atoms with Gasteiger partial charge >= 0.3 is 0 Å². The predicted molar refractivity (Wildman–Crippen MR) is 74.6 cm³/mol. The Kier molecular flexibility index (Phi) is 3.33. The molecule has 0 spiro atoms. The maximum absolute atomic E-state index is 6.47. The third kappa shape index (κ3) is 2.35. The van der Waals surface area contributed by atoms with E-state index in [1.54, 1.807) is 4.68 Å². The summed E-state index contributed by atoms with van der Waals surface area (Å²) in [5.74, 6) is 1.85. The first-order chi connectivity index (χ1) is 9.60. The lowest BCUT2D eigenvalue weighted by Gasteiger charge is -2.33. The summed E-state index contributed by atoms with van der Waals surface area (Å²) in [6.07, 6.45) is 7.17. The summed E-state index contributed by atoms with van der Waals surface area (Å²) >= 11 is 0. The van der Waals surface area contributed by atoms with Crippen LogP contribution in [-0.4, -0.2) is 19.9 Å². The van der Waals surface area contributed by atoms with Gasteiger partial charge in [0, 0.05) is 13.2 Å². The summed E-state index contributed by atoms with van der Waals surface area (Å²) in [4.78, 5) is 4.46. The first-order valence-electron chi connectivity index (χ1n) is 7.24. The SMILES string of the molecule is CCC1CCC(N)(c2nc(-c3ccn(C)n3)no2)CC1. The van der Waals surface area contributed by atoms with Crippen LogP contribution in [0.4, 0.5) is 0 Å². The molecule has 0 saturated heterocycles. The van der Waals surface area contributed by atoms with Crippen molar-refractivity contribution < 1.29 is 4.52 Å². The number of hydrogen-bond acceptors (Lipinski definition) is 5. The van der Waals surface area contributed by atoms with E-state index in [4.69, 9.17) is 10.3 Å². The van der Waals surface area contributed by atoms with Crippen LogP contribution in [0, 0.1) is 5.92 Å². The molecule has 0 radical (unpaired) electrons. The first kappa shape index (κ1) is 13.3. The van der Waals surface area contributed by atoms with Gasteiger partial charge in [0.1, 0.15) is 5.69 Å². The van der Waals surface area contributed by atoms with Crippen LogP contribution in [-0.2, 0) is 12.6 Å². The lowest BCUT2D eigenvalue weighted by atomic mass is 9.76. The van der Waals surface area contributed by atoms with Crippen LogP contribution in [0.5, 0.6) is 0 Å². The van der Waals surface area contributed by atoms with Crippen molar-refractivity contribution >= 4 is 0 Å². The average molecular weight is 275 g/mol. The molecule has 2 aromatic rings. The van der Waals surface area contributed by atoms with Gasteiger partial charge in [0.05, 0.1) is 5.54 Å². The van der Waals surface area contributed by atoms with Crippen LogP contribution in [0.25, 0.3) is 11.5 Å². The zero-order valence-corrected chi connectivity index (χ0v) is 12.0. The Labute approximate surface area is 118 Å². The van der Waals surface area contributed by atoms with Crippen molar-refractivity contribution in [3.63, 3.8) is 0 Å². The Morgan fingerprint density at radius 2 is 2.20 bits per heavy atom. The van der Waals surface area contributed by atoms with Gasteiger partial charge in [0.2, 0.25) is 11.7 Å². The molecular weight excluding hydrogens is 254 g/mol. The zero-order chi connectivity index (χ0) is 14.2. The highest BCUT2D eigenvalue weighted by atomic mass is 16.5. The third-order valence-corrected chi connectivity index (χ3v) is 4.37. The lowest BCUT2D eigenvalue weighted by molar-refractivity contribution is 0.181. The molecule has 108 valence electrons. The highest BCUT2D eigenvalue weighted by molar-refractivity contribution is 5.46. The van der Waals surface area contributed by atoms with Crippen molar-refractivity contribution in [2.24, 2.45) is 18.7 Å². The van der Waals surface area contributed by atoms with E-state index in [1.165, 1.54) is 6.42 Å². The summed E-state index contributed by atoms with van der Waals surface area (Å²) in [6.45, 7) is 2.24. The molecule has 0 amide bonds. The van der Waals surface area contributed by atoms with Crippen molar-refractivity contribution in [1.29, 1.82) is 0 Å². The fourth-order valence-electron chi connectivity index (χ4n) is 2.88. The van der Waals surface area contributed by atoms with E-state index in [0.29, 0.717) is 17.4 Å². The minimum Gasteiger partial charge on any atom is -0.337 e. The minimum atomic E-state index is -0.467. The highest BCUT2D eigenvalue weighted by Crippen LogP contribution is 2.38. The number of aryl methyl sites for hydroxylation is 1. The van der Waals surface area contributed by atoms with Crippen molar-refractivity contribution in [2.75, 3.05) is 0 Å². The predicted octanol–water partition coefficient (Wildman–Crippen LogP) is 2.22. The largest absolute Gasteiger partial charge is 0.337 e. The second-order valence-electron chi connectivity index (χ2n) is 5.81. The van der Waals surface area contributed by atoms with Crippen LogP contribution in [0.15, 0.2) is 16.8 Å². The molecule has 2 aromatic heterocycles. The van der Waals surface area contributed by atoms with E-state index in [9.17, 15) is 0 Å². The average Bonchev–Trinajstić information content (AvgIpc) is 3.08. The number of nitrogens with zero attached hydrogens (tertiary/aromatic N) is 4. The van der Waals surface area contributed by atoms with Gasteiger partial charge in [-0.1, -0.05) is 18.5 Å². The molecule has 1 aliphatic carbocycles. The quantitative estimate of drug-likeness (QED) is 0.928. The van der Waals surface area contributed by atoms with Crippen LogP contribution >= 0.6 is 0 Å². The van der Waals surface area contributed by atoms with Crippen LogP contribution in [0.3, 0.4) is 0 Å². The molecule has 1 aliphatic rings. The topological polar surface area (TPSA) is 82.8 Å². The number of rotatable bonds is 3. The first-order valence-corrected chi connectivity index (χ1v) is 7.24. The molecule has 2 N–H and O–H groups in total. The van der Waals surface area contributed by atoms with Gasteiger partial charge in [-0.15, -0.1) is 0 Å². The molecule has 0 aromatic carbocycles. The molecule has 0 unspecified atom stereocenters. The number of aromatic nitrogens is 4. The van der Waals surface area contributed by atoms with Gasteiger partial charge in [-0.25, -0.2) is 0 Å². The van der Waals surface area contributed by atoms with Gasteiger partial charge < -0.3 is 10.3 Å². The molecule has 0 aliphatic heterocycles. The molecule has 0 bridgehead atoms. The standard InChI is InChI=1S/C14H21N5O/c1-3-10-4-7-14(15,8-5-10)13-16-12(18-20-13)11-6-9-19(2)17-11/h6,9-10H,3-5,7-8,15H2,1-2H3. The van der Waals surface area contributed by atoms with Gasteiger partial charge in [-0.2, -0.15) is 10.1 Å². The Morgan fingerprint density at radius 1 is 1.45 bits per heavy atom. The number of nitrogens with two attached hydrogens (primary N) is 1. The summed E-state index contributed by atoms with van der Waals surface area (Å²) < 4.78 is 7.12. The second kappa shape index (κ2) is 5.01. The van der Waals surface area contributed by atoms with E-state index >= 15 is 0 Å². The normalized spacial score (nSPS) is 26.9. The Bertz CT molecular complexity index is 580. The monoisotopic (exact) mass is 275 g/mol. The molecule has 0 atom stereocenters. The molecular formula is C14H21N5O. The van der Waals surface area contributed by atoms with E-state index in [0.717, 1.165) is 31.6 Å². The van der Waals surface area contributed by atoms with E-state index in [2.05, 4.69) is 22.2 Å². The van der Waals surface area contributed by atoms with Gasteiger partial charge in [-0.3, -0.25) is 4.68 Å². The maximum Gasteiger partial charge on any atom is 0.247 e. The van der Waals surface area contributed by atoms with Gasteiger partial charge in [0.25, 0.3) is 0 Å². The Balaban J connectivity index is 1.80. The minimum absolute atomic E-state index is 0.467. The molecule has 1 fully saturated rings. The third-order valence-electron chi connectivity index (χ3n) is 4.37. The van der Waals surface area contributed by atoms with Crippen LogP contribution in [0.2, 0.25) is 0 Å². The number of hydrogen-bond donors (Lipinski definition) is 1. The zero-order valence-electron chi connectivity index (χ0n) is 12.0. The van der Waals surface area contributed by atoms with Gasteiger partial charge in [-0.05, 0) is 37.7 Å². The molecule has 3 rings (SSSR count). The fraction of sp³-hybridized carbons (Fsp3) is 0.643. The lowest BCUT2D eigenvalue weighted by Crippen LogP contribution is -2.40. The van der Waals surface area contributed by atoms with E-state index < -0.39 is 5.54 Å². The van der Waals surface area contributed by atoms with Crippen LogP contribution < -0.4 is 5.73 Å². The van der Waals surface area contributed by atoms with Crippen LogP contribution in [0.1, 0.15) is 44.9 Å². The van der Waals surface area contributed by atoms with E-state index in [1.807, 2.05) is 19.3 Å². The molecule has 2 heterocycles. The van der Waals surface area contributed by atoms with E-state index in [-0.39, 0.29) is 0 Å². The highest BCUT2D eigenvalue weighted by Gasteiger charge is 2.37. The summed E-state index contributed by atoms with van der Waals surface area (Å²) in [7, 11) is 1.86. The summed E-state index contributed by atoms with van der Waals surface area (Å²) in [5, 5.41) is 8.30. The smallest absolute Gasteiger partial charge is 0.247 e. The molecule has 6 heteroatoms. The van der Waals surface area contributed by atoms with Gasteiger partial charge in [0.15, 0.2) is 0 Å². The van der Waals surface area contributed by atoms with Crippen molar-refractivity contribution in [2.45, 2.75) is 44.6 Å².